The molecular formula is C40H70O6. The van der Waals surface area contributed by atoms with Crippen LogP contribution >= 0.6 is 0 Å². The molecular weight excluding hydrogens is 576 g/mol. The molecule has 0 unspecified atom stereocenters. The lowest BCUT2D eigenvalue weighted by molar-refractivity contribution is -0.161. The van der Waals surface area contributed by atoms with E-state index >= 15 is 0 Å². The molecule has 0 heterocycles. The molecule has 2 N–H and O–H groups in total. The van der Waals surface area contributed by atoms with Gasteiger partial charge in [-0.05, 0) is 44.9 Å². The molecule has 0 fully saturated rings. The summed E-state index contributed by atoms with van der Waals surface area (Å²) in [6, 6.07) is 0. The van der Waals surface area contributed by atoms with Crippen LogP contribution in [-0.4, -0.2) is 47.6 Å². The van der Waals surface area contributed by atoms with Gasteiger partial charge >= 0.3 is 11.9 Å². The zero-order valence-electron chi connectivity index (χ0n) is 29.7. The normalized spacial score (nSPS) is 13.4. The average Bonchev–Trinajstić information content (AvgIpc) is 3.05. The minimum absolute atomic E-state index is 0.0972. The number of hydrogen-bond acceptors (Lipinski definition) is 6. The number of aliphatic hydroxyl groups excluding tert-OH is 2. The first-order chi connectivity index (χ1) is 22.5. The summed E-state index contributed by atoms with van der Waals surface area (Å²) in [6.45, 7) is 3.93. The Hall–Kier alpha value is -2.18. The first kappa shape index (κ1) is 43.8. The van der Waals surface area contributed by atoms with Gasteiger partial charge in [0.15, 0.2) is 6.10 Å². The molecule has 0 spiro atoms. The zero-order valence-corrected chi connectivity index (χ0v) is 29.7. The van der Waals surface area contributed by atoms with Crippen molar-refractivity contribution in [3.63, 3.8) is 0 Å². The van der Waals surface area contributed by atoms with Gasteiger partial charge < -0.3 is 19.7 Å². The Morgan fingerprint density at radius 1 is 0.587 bits per heavy atom. The third-order valence-corrected chi connectivity index (χ3v) is 7.95. The Bertz CT molecular complexity index is 800. The highest BCUT2D eigenvalue weighted by molar-refractivity contribution is 5.70. The van der Waals surface area contributed by atoms with Gasteiger partial charge in [-0.2, -0.15) is 0 Å². The average molecular weight is 647 g/mol. The van der Waals surface area contributed by atoms with Crippen LogP contribution in [0.1, 0.15) is 168 Å². The van der Waals surface area contributed by atoms with Gasteiger partial charge in [0.05, 0.1) is 12.7 Å². The fraction of sp³-hybridized carbons (Fsp3) is 0.750. The molecule has 0 aromatic carbocycles. The maximum atomic E-state index is 12.1. The summed E-state index contributed by atoms with van der Waals surface area (Å²) in [4.78, 5) is 24.2. The first-order valence-electron chi connectivity index (χ1n) is 18.8. The van der Waals surface area contributed by atoms with E-state index in [-0.39, 0.29) is 37.7 Å². The molecule has 2 atom stereocenters. The third-order valence-electron chi connectivity index (χ3n) is 7.95. The highest BCUT2D eigenvalue weighted by atomic mass is 16.6. The second kappa shape index (κ2) is 35.7. The second-order valence-corrected chi connectivity index (χ2v) is 12.5. The Morgan fingerprint density at radius 3 is 1.61 bits per heavy atom. The van der Waals surface area contributed by atoms with Crippen molar-refractivity contribution in [1.29, 1.82) is 0 Å². The van der Waals surface area contributed by atoms with E-state index in [1.807, 2.05) is 12.2 Å². The maximum absolute atomic E-state index is 12.1. The number of unbranched alkanes of at least 4 members (excludes halogenated alkanes) is 15. The minimum Gasteiger partial charge on any atom is -0.462 e. The van der Waals surface area contributed by atoms with E-state index in [1.165, 1.54) is 70.6 Å². The van der Waals surface area contributed by atoms with E-state index in [0.29, 0.717) is 12.8 Å². The lowest BCUT2D eigenvalue weighted by atomic mass is 10.0. The number of allylic oxidation sites excluding steroid dienone is 7. The Kier molecular flexibility index (Phi) is 34.0. The first-order valence-corrected chi connectivity index (χ1v) is 18.8. The summed E-state index contributed by atoms with van der Waals surface area (Å²) in [5.74, 6) is -0.679. The van der Waals surface area contributed by atoms with E-state index in [9.17, 15) is 19.8 Å². The molecule has 0 rings (SSSR count). The van der Waals surface area contributed by atoms with E-state index in [1.54, 1.807) is 0 Å². The van der Waals surface area contributed by atoms with Crippen molar-refractivity contribution in [1.82, 2.24) is 0 Å². The summed E-state index contributed by atoms with van der Waals surface area (Å²) in [7, 11) is 0. The molecule has 0 saturated carbocycles. The summed E-state index contributed by atoms with van der Waals surface area (Å²) in [6.07, 6.45) is 40.8. The van der Waals surface area contributed by atoms with Crippen molar-refractivity contribution < 1.29 is 29.3 Å². The fourth-order valence-electron chi connectivity index (χ4n) is 5.03. The van der Waals surface area contributed by atoms with Crippen molar-refractivity contribution in [3.05, 3.63) is 48.6 Å². The molecule has 0 aliphatic heterocycles. The highest BCUT2D eigenvalue weighted by Crippen LogP contribution is 2.14. The van der Waals surface area contributed by atoms with Crippen LogP contribution in [0.5, 0.6) is 0 Å². The summed E-state index contributed by atoms with van der Waals surface area (Å²) < 4.78 is 10.5. The Morgan fingerprint density at radius 2 is 1.07 bits per heavy atom. The molecule has 0 saturated heterocycles. The number of hydrogen-bond donors (Lipinski definition) is 2. The van der Waals surface area contributed by atoms with Gasteiger partial charge in [-0.1, -0.05) is 159 Å². The fourth-order valence-corrected chi connectivity index (χ4v) is 5.03. The van der Waals surface area contributed by atoms with Crippen LogP contribution in [0, 0.1) is 0 Å². The quantitative estimate of drug-likeness (QED) is 0.0419. The standard InChI is InChI=1S/C40H70O6/c1-3-5-7-8-9-10-11-12-13-17-20-23-26-29-33-39(43)45-36-38(35-41)46-40(44)34-30-27-24-21-18-15-14-16-19-22-25-28-32-37(42)31-6-4-2/h14-15,19,21-22,24,28,32,37-38,41-42H,3-13,16-18,20,23,25-27,29-31,33-36H2,1-2H3/b15-14-,22-19-,24-21-,32-28-/t37-,38+/m1/s1. The smallest absolute Gasteiger partial charge is 0.306 e. The van der Waals surface area contributed by atoms with Crippen molar-refractivity contribution in [3.8, 4) is 0 Å². The minimum atomic E-state index is -0.809. The van der Waals surface area contributed by atoms with Crippen LogP contribution in [0.3, 0.4) is 0 Å². The molecule has 0 aliphatic carbocycles. The van der Waals surface area contributed by atoms with Gasteiger partial charge in [0.1, 0.15) is 6.61 Å². The van der Waals surface area contributed by atoms with Crippen LogP contribution in [0.15, 0.2) is 48.6 Å². The molecule has 6 heteroatoms. The molecule has 0 aromatic heterocycles. The number of aliphatic hydroxyl groups is 2. The number of ether oxygens (including phenoxy) is 2. The number of carbonyl (C=O) groups is 2. The summed E-state index contributed by atoms with van der Waals surface area (Å²) >= 11 is 0. The monoisotopic (exact) mass is 647 g/mol. The number of carbonyl (C=O) groups excluding carboxylic acids is 2. The third kappa shape index (κ3) is 33.2. The lowest BCUT2D eigenvalue weighted by Crippen LogP contribution is -2.28. The van der Waals surface area contributed by atoms with Gasteiger partial charge in [-0.3, -0.25) is 9.59 Å². The van der Waals surface area contributed by atoms with Gasteiger partial charge in [-0.15, -0.1) is 0 Å². The van der Waals surface area contributed by atoms with Gasteiger partial charge in [0, 0.05) is 12.8 Å². The second-order valence-electron chi connectivity index (χ2n) is 12.5. The summed E-state index contributed by atoms with van der Waals surface area (Å²) in [5, 5.41) is 19.3. The van der Waals surface area contributed by atoms with Crippen LogP contribution in [-0.2, 0) is 19.1 Å². The molecule has 0 radical (unpaired) electrons. The van der Waals surface area contributed by atoms with Crippen LogP contribution in [0.4, 0.5) is 0 Å². The van der Waals surface area contributed by atoms with Crippen LogP contribution < -0.4 is 0 Å². The van der Waals surface area contributed by atoms with Crippen molar-refractivity contribution in [2.75, 3.05) is 13.2 Å². The van der Waals surface area contributed by atoms with Crippen LogP contribution in [0.25, 0.3) is 0 Å². The van der Waals surface area contributed by atoms with E-state index in [0.717, 1.165) is 64.2 Å². The van der Waals surface area contributed by atoms with E-state index < -0.39 is 6.10 Å². The van der Waals surface area contributed by atoms with Gasteiger partial charge in [0.25, 0.3) is 0 Å². The van der Waals surface area contributed by atoms with E-state index in [4.69, 9.17) is 9.47 Å². The van der Waals surface area contributed by atoms with Crippen LogP contribution in [0.2, 0.25) is 0 Å². The Labute approximate surface area is 282 Å². The predicted octanol–water partition coefficient (Wildman–Crippen LogP) is 10.4. The SMILES string of the molecule is CCCCCCCCCCCCCCCCC(=O)OC[C@H](CO)OC(=O)CCC/C=C\C/C=C\C/C=C\C/C=C\[C@H](O)CCCC. The van der Waals surface area contributed by atoms with Crippen molar-refractivity contribution in [2.45, 2.75) is 180 Å². The highest BCUT2D eigenvalue weighted by Gasteiger charge is 2.15. The van der Waals surface area contributed by atoms with E-state index in [2.05, 4.69) is 50.3 Å². The largest absolute Gasteiger partial charge is 0.462 e. The van der Waals surface area contributed by atoms with Gasteiger partial charge in [0.2, 0.25) is 0 Å². The lowest BCUT2D eigenvalue weighted by Gasteiger charge is -2.15. The Balaban J connectivity index is 3.71. The maximum Gasteiger partial charge on any atom is 0.306 e. The molecule has 0 aliphatic rings. The predicted molar refractivity (Wildman–Crippen MR) is 193 cm³/mol. The topological polar surface area (TPSA) is 93.1 Å². The molecule has 0 bridgehead atoms. The van der Waals surface area contributed by atoms with Gasteiger partial charge in [-0.25, -0.2) is 0 Å². The molecule has 0 aromatic rings. The van der Waals surface area contributed by atoms with Crippen molar-refractivity contribution in [2.24, 2.45) is 0 Å². The summed E-state index contributed by atoms with van der Waals surface area (Å²) in [5.41, 5.74) is 0. The number of esters is 2. The zero-order chi connectivity index (χ0) is 33.8. The molecule has 0 amide bonds. The molecule has 266 valence electrons. The van der Waals surface area contributed by atoms with Crippen molar-refractivity contribution >= 4 is 11.9 Å². The molecule has 6 nitrogen and oxygen atoms in total. The number of rotatable bonds is 33. The molecule has 46 heavy (non-hydrogen) atoms.